The summed E-state index contributed by atoms with van der Waals surface area (Å²) in [5.74, 6) is -0.616. The maximum absolute atomic E-state index is 11.6. The molecule has 0 spiro atoms. The summed E-state index contributed by atoms with van der Waals surface area (Å²) < 4.78 is 0. The van der Waals surface area contributed by atoms with E-state index in [4.69, 9.17) is 0 Å². The van der Waals surface area contributed by atoms with E-state index in [1.807, 2.05) is 13.8 Å². The van der Waals surface area contributed by atoms with Crippen molar-refractivity contribution < 1.29 is 9.59 Å². The van der Waals surface area contributed by atoms with E-state index in [0.717, 1.165) is 17.9 Å². The Morgan fingerprint density at radius 1 is 1.18 bits per heavy atom. The third kappa shape index (κ3) is 4.35. The summed E-state index contributed by atoms with van der Waals surface area (Å²) in [7, 11) is 0. The molecule has 1 aromatic heterocycles. The van der Waals surface area contributed by atoms with Gasteiger partial charge in [0.15, 0.2) is 0 Å². The van der Waals surface area contributed by atoms with Crippen LogP contribution < -0.4 is 16.0 Å². The van der Waals surface area contributed by atoms with Gasteiger partial charge in [-0.1, -0.05) is 11.3 Å². The van der Waals surface area contributed by atoms with Crippen LogP contribution in [-0.4, -0.2) is 41.6 Å². The Balaban J connectivity index is 2.43. The summed E-state index contributed by atoms with van der Waals surface area (Å²) in [5.41, 5.74) is 0. The van der Waals surface area contributed by atoms with Crippen LogP contribution in [0.25, 0.3) is 0 Å². The fourth-order valence-corrected chi connectivity index (χ4v) is 1.76. The number of amides is 2. The van der Waals surface area contributed by atoms with Crippen molar-refractivity contribution in [1.29, 1.82) is 0 Å². The van der Waals surface area contributed by atoms with Crippen LogP contribution in [0.4, 0.5) is 5.13 Å². The molecule has 0 aliphatic carbocycles. The molecule has 0 aliphatic rings. The Bertz CT molecular complexity index is 392. The monoisotopic (exact) mass is 257 g/mol. The number of anilines is 1. The number of carbonyl (C=O) groups excluding carboxylic acids is 2. The highest BCUT2D eigenvalue weighted by Crippen LogP contribution is 2.14. The number of carbonyl (C=O) groups is 2. The Kier molecular flexibility index (Phi) is 5.34. The average Bonchev–Trinajstić information content (AvgIpc) is 2.75. The molecule has 1 aromatic rings. The fourth-order valence-electron chi connectivity index (χ4n) is 1.03. The summed E-state index contributed by atoms with van der Waals surface area (Å²) in [6.07, 6.45) is 0. The number of likely N-dealkylation sites (N-methyl/N-ethyl adjacent to an activating group) is 1. The summed E-state index contributed by atoms with van der Waals surface area (Å²) in [4.78, 5) is 22.7. The molecule has 8 heteroatoms. The molecule has 2 amide bonds. The Hall–Kier alpha value is -1.70. The van der Waals surface area contributed by atoms with Crippen LogP contribution >= 0.6 is 11.3 Å². The molecular formula is C9H15N5O2S. The third-order valence-electron chi connectivity index (χ3n) is 1.73. The van der Waals surface area contributed by atoms with Gasteiger partial charge in [-0.2, -0.15) is 0 Å². The minimum atomic E-state index is -0.391. The van der Waals surface area contributed by atoms with Gasteiger partial charge in [0.2, 0.25) is 16.0 Å². The zero-order valence-electron chi connectivity index (χ0n) is 9.74. The molecule has 1 rings (SSSR count). The lowest BCUT2D eigenvalue weighted by Crippen LogP contribution is -2.36. The topological polar surface area (TPSA) is 96.0 Å². The van der Waals surface area contributed by atoms with Crippen molar-refractivity contribution in [1.82, 2.24) is 20.8 Å². The van der Waals surface area contributed by atoms with Crippen LogP contribution in [0.5, 0.6) is 0 Å². The second-order valence-corrected chi connectivity index (χ2v) is 4.06. The molecule has 0 unspecified atom stereocenters. The van der Waals surface area contributed by atoms with E-state index >= 15 is 0 Å². The summed E-state index contributed by atoms with van der Waals surface area (Å²) in [6, 6.07) is 0. The average molecular weight is 257 g/mol. The first kappa shape index (κ1) is 13.4. The summed E-state index contributed by atoms with van der Waals surface area (Å²) in [6.45, 7) is 4.94. The van der Waals surface area contributed by atoms with Crippen LogP contribution in [0, 0.1) is 0 Å². The lowest BCUT2D eigenvalue weighted by atomic mass is 10.5. The molecular weight excluding hydrogens is 242 g/mol. The van der Waals surface area contributed by atoms with Crippen molar-refractivity contribution in [3.8, 4) is 0 Å². The molecule has 0 aliphatic heterocycles. The number of nitrogens with one attached hydrogen (secondary N) is 3. The van der Waals surface area contributed by atoms with Crippen molar-refractivity contribution in [2.24, 2.45) is 0 Å². The number of aromatic nitrogens is 2. The van der Waals surface area contributed by atoms with E-state index in [2.05, 4.69) is 26.1 Å². The van der Waals surface area contributed by atoms with Gasteiger partial charge < -0.3 is 16.0 Å². The zero-order chi connectivity index (χ0) is 12.7. The zero-order valence-corrected chi connectivity index (χ0v) is 10.6. The Labute approximate surface area is 103 Å². The highest BCUT2D eigenvalue weighted by Gasteiger charge is 2.13. The van der Waals surface area contributed by atoms with Crippen LogP contribution in [0.15, 0.2) is 0 Å². The van der Waals surface area contributed by atoms with Gasteiger partial charge in [0.1, 0.15) is 0 Å². The Morgan fingerprint density at radius 3 is 2.59 bits per heavy atom. The quantitative estimate of drug-likeness (QED) is 0.658. The van der Waals surface area contributed by atoms with Gasteiger partial charge in [-0.15, -0.1) is 10.2 Å². The number of hydrogen-bond donors (Lipinski definition) is 3. The maximum Gasteiger partial charge on any atom is 0.282 e. The molecule has 0 radical (unpaired) electrons. The van der Waals surface area contributed by atoms with Crippen LogP contribution in [0.3, 0.4) is 0 Å². The molecule has 0 fully saturated rings. The van der Waals surface area contributed by atoms with Crippen molar-refractivity contribution >= 4 is 28.3 Å². The van der Waals surface area contributed by atoms with Gasteiger partial charge in [-0.3, -0.25) is 9.59 Å². The highest BCUT2D eigenvalue weighted by molar-refractivity contribution is 7.17. The van der Waals surface area contributed by atoms with E-state index in [0.29, 0.717) is 11.7 Å². The lowest BCUT2D eigenvalue weighted by molar-refractivity contribution is -0.120. The molecule has 0 saturated heterocycles. The van der Waals surface area contributed by atoms with Gasteiger partial charge in [0, 0.05) is 13.1 Å². The maximum atomic E-state index is 11.6. The van der Waals surface area contributed by atoms with Crippen molar-refractivity contribution in [2.75, 3.05) is 25.0 Å². The third-order valence-corrected chi connectivity index (χ3v) is 2.61. The van der Waals surface area contributed by atoms with E-state index in [9.17, 15) is 9.59 Å². The van der Waals surface area contributed by atoms with E-state index < -0.39 is 5.91 Å². The Morgan fingerprint density at radius 2 is 1.94 bits per heavy atom. The minimum Gasteiger partial charge on any atom is -0.360 e. The molecule has 0 atom stereocenters. The standard InChI is InChI=1S/C9H15N5O2S/c1-3-10-6(15)5-12-7(16)8-13-14-9(17-8)11-4-2/h3-5H2,1-2H3,(H,10,15)(H,11,14)(H,12,16). The number of nitrogens with zero attached hydrogens (tertiary/aromatic N) is 2. The molecule has 0 aromatic carbocycles. The van der Waals surface area contributed by atoms with Crippen LogP contribution in [0.1, 0.15) is 23.6 Å². The van der Waals surface area contributed by atoms with E-state index in [1.54, 1.807) is 0 Å². The van der Waals surface area contributed by atoms with Gasteiger partial charge in [-0.05, 0) is 13.8 Å². The van der Waals surface area contributed by atoms with Gasteiger partial charge in [-0.25, -0.2) is 0 Å². The van der Waals surface area contributed by atoms with Gasteiger partial charge in [0.05, 0.1) is 6.54 Å². The fraction of sp³-hybridized carbons (Fsp3) is 0.556. The van der Waals surface area contributed by atoms with Gasteiger partial charge in [0.25, 0.3) is 5.91 Å². The smallest absolute Gasteiger partial charge is 0.282 e. The van der Waals surface area contributed by atoms with Crippen molar-refractivity contribution in [2.45, 2.75) is 13.8 Å². The van der Waals surface area contributed by atoms with E-state index in [1.165, 1.54) is 0 Å². The predicted octanol–water partition coefficient (Wildman–Crippen LogP) is -0.164. The number of hydrogen-bond acceptors (Lipinski definition) is 6. The summed E-state index contributed by atoms with van der Waals surface area (Å²) in [5, 5.41) is 16.3. The molecule has 3 N–H and O–H groups in total. The van der Waals surface area contributed by atoms with Crippen LogP contribution in [0.2, 0.25) is 0 Å². The largest absolute Gasteiger partial charge is 0.360 e. The molecule has 17 heavy (non-hydrogen) atoms. The molecule has 0 bridgehead atoms. The summed E-state index contributed by atoms with van der Waals surface area (Å²) >= 11 is 1.15. The van der Waals surface area contributed by atoms with Crippen LogP contribution in [-0.2, 0) is 4.79 Å². The second kappa shape index (κ2) is 6.79. The first-order valence-corrected chi connectivity index (χ1v) is 6.11. The first-order chi connectivity index (χ1) is 8.17. The van der Waals surface area contributed by atoms with Crippen molar-refractivity contribution in [3.05, 3.63) is 5.01 Å². The van der Waals surface area contributed by atoms with Gasteiger partial charge >= 0.3 is 0 Å². The normalized spacial score (nSPS) is 9.76. The van der Waals surface area contributed by atoms with Crippen molar-refractivity contribution in [3.63, 3.8) is 0 Å². The SMILES string of the molecule is CCNC(=O)CNC(=O)c1nnc(NCC)s1. The molecule has 7 nitrogen and oxygen atoms in total. The van der Waals surface area contributed by atoms with E-state index in [-0.39, 0.29) is 17.5 Å². The molecule has 0 saturated carbocycles. The number of rotatable bonds is 6. The second-order valence-electron chi connectivity index (χ2n) is 3.08. The predicted molar refractivity (Wildman–Crippen MR) is 65.1 cm³/mol. The lowest BCUT2D eigenvalue weighted by Gasteiger charge is -2.02. The highest BCUT2D eigenvalue weighted by atomic mass is 32.1. The minimum absolute atomic E-state index is 0.0528. The molecule has 94 valence electrons. The molecule has 1 heterocycles. The first-order valence-electron chi connectivity index (χ1n) is 5.29.